The molecule has 0 atom stereocenters. The molecule has 0 amide bonds. The SMILES string of the molecule is Cn1cc(C(=O)O)c2cc(Br)cnc21. The predicted molar refractivity (Wildman–Crippen MR) is 55.4 cm³/mol. The van der Waals surface area contributed by atoms with Crippen LogP contribution in [0.3, 0.4) is 0 Å². The van der Waals surface area contributed by atoms with Gasteiger partial charge in [-0.25, -0.2) is 9.78 Å². The number of aromatic carboxylic acids is 1. The molecular weight excluding hydrogens is 248 g/mol. The Morgan fingerprint density at radius 1 is 1.64 bits per heavy atom. The normalized spacial score (nSPS) is 10.7. The maximum Gasteiger partial charge on any atom is 0.337 e. The molecule has 1 N–H and O–H groups in total. The number of carboxylic acids is 1. The third-order valence-corrected chi connectivity index (χ3v) is 2.44. The summed E-state index contributed by atoms with van der Waals surface area (Å²) in [6, 6.07) is 1.76. The van der Waals surface area contributed by atoms with E-state index in [1.165, 1.54) is 0 Å². The van der Waals surface area contributed by atoms with Crippen LogP contribution in [-0.4, -0.2) is 20.6 Å². The lowest BCUT2D eigenvalue weighted by molar-refractivity contribution is 0.0699. The molecule has 2 rings (SSSR count). The molecule has 0 aromatic carbocycles. The van der Waals surface area contributed by atoms with Crippen LogP contribution in [0.25, 0.3) is 11.0 Å². The highest BCUT2D eigenvalue weighted by atomic mass is 79.9. The standard InChI is InChI=1S/C9H7BrN2O2/c1-12-4-7(9(13)14)6-2-5(10)3-11-8(6)12/h2-4H,1H3,(H,13,14). The summed E-state index contributed by atoms with van der Waals surface area (Å²) in [4.78, 5) is 15.0. The molecule has 0 fully saturated rings. The van der Waals surface area contributed by atoms with Crippen molar-refractivity contribution < 1.29 is 9.90 Å². The molecule has 0 saturated carbocycles. The number of rotatable bonds is 1. The van der Waals surface area contributed by atoms with Gasteiger partial charge in [-0.1, -0.05) is 0 Å². The lowest BCUT2D eigenvalue weighted by Crippen LogP contribution is -1.93. The van der Waals surface area contributed by atoms with E-state index >= 15 is 0 Å². The quantitative estimate of drug-likeness (QED) is 0.848. The van der Waals surface area contributed by atoms with Gasteiger partial charge < -0.3 is 9.67 Å². The fourth-order valence-corrected chi connectivity index (χ4v) is 1.74. The summed E-state index contributed by atoms with van der Waals surface area (Å²) in [5, 5.41) is 9.58. The number of aryl methyl sites for hydroxylation is 1. The Hall–Kier alpha value is -1.36. The second kappa shape index (κ2) is 3.09. The van der Waals surface area contributed by atoms with Crippen molar-refractivity contribution in [3.8, 4) is 0 Å². The van der Waals surface area contributed by atoms with E-state index in [0.717, 1.165) is 4.47 Å². The van der Waals surface area contributed by atoms with Crippen molar-refractivity contribution in [1.29, 1.82) is 0 Å². The molecule has 0 radical (unpaired) electrons. The molecule has 5 heteroatoms. The minimum absolute atomic E-state index is 0.274. The molecule has 2 heterocycles. The molecule has 0 bridgehead atoms. The van der Waals surface area contributed by atoms with E-state index in [9.17, 15) is 4.79 Å². The molecule has 72 valence electrons. The highest BCUT2D eigenvalue weighted by Crippen LogP contribution is 2.22. The molecule has 0 saturated heterocycles. The third kappa shape index (κ3) is 1.29. The Kier molecular flexibility index (Phi) is 2.03. The van der Waals surface area contributed by atoms with Gasteiger partial charge in [0.1, 0.15) is 5.65 Å². The van der Waals surface area contributed by atoms with E-state index in [-0.39, 0.29) is 5.56 Å². The van der Waals surface area contributed by atoms with E-state index in [1.807, 2.05) is 0 Å². The largest absolute Gasteiger partial charge is 0.478 e. The minimum atomic E-state index is -0.935. The molecule has 14 heavy (non-hydrogen) atoms. The topological polar surface area (TPSA) is 55.1 Å². The summed E-state index contributed by atoms with van der Waals surface area (Å²) < 4.78 is 2.48. The van der Waals surface area contributed by atoms with Gasteiger partial charge in [-0.15, -0.1) is 0 Å². The summed E-state index contributed by atoms with van der Waals surface area (Å²) in [6.45, 7) is 0. The molecule has 0 unspecified atom stereocenters. The highest BCUT2D eigenvalue weighted by molar-refractivity contribution is 9.10. The van der Waals surface area contributed by atoms with E-state index in [2.05, 4.69) is 20.9 Å². The van der Waals surface area contributed by atoms with Crippen LogP contribution in [-0.2, 0) is 7.05 Å². The fourth-order valence-electron chi connectivity index (χ4n) is 1.41. The minimum Gasteiger partial charge on any atom is -0.478 e. The monoisotopic (exact) mass is 254 g/mol. The molecule has 2 aromatic heterocycles. The molecule has 2 aromatic rings. The van der Waals surface area contributed by atoms with Crippen molar-refractivity contribution >= 4 is 32.9 Å². The van der Waals surface area contributed by atoms with Crippen LogP contribution in [0, 0.1) is 0 Å². The number of fused-ring (bicyclic) bond motifs is 1. The maximum atomic E-state index is 10.9. The zero-order chi connectivity index (χ0) is 10.3. The maximum absolute atomic E-state index is 10.9. The molecule has 0 spiro atoms. The number of hydrogen-bond acceptors (Lipinski definition) is 2. The van der Waals surface area contributed by atoms with E-state index < -0.39 is 5.97 Å². The van der Waals surface area contributed by atoms with Crippen LogP contribution >= 0.6 is 15.9 Å². The van der Waals surface area contributed by atoms with Crippen molar-refractivity contribution in [2.24, 2.45) is 7.05 Å². The Bertz CT molecular complexity index is 519. The van der Waals surface area contributed by atoms with Gasteiger partial charge in [0.05, 0.1) is 5.56 Å². The first-order valence-electron chi connectivity index (χ1n) is 3.93. The third-order valence-electron chi connectivity index (χ3n) is 2.01. The Morgan fingerprint density at radius 2 is 2.36 bits per heavy atom. The summed E-state index contributed by atoms with van der Waals surface area (Å²) in [6.07, 6.45) is 3.21. The predicted octanol–water partition coefficient (Wildman–Crippen LogP) is 2.03. The lowest BCUT2D eigenvalue weighted by Gasteiger charge is -1.94. The summed E-state index contributed by atoms with van der Waals surface area (Å²) in [5.74, 6) is -0.935. The first-order chi connectivity index (χ1) is 6.59. The molecule has 4 nitrogen and oxygen atoms in total. The van der Waals surface area contributed by atoms with Crippen molar-refractivity contribution in [3.63, 3.8) is 0 Å². The van der Waals surface area contributed by atoms with Crippen molar-refractivity contribution in [3.05, 3.63) is 28.5 Å². The second-order valence-electron chi connectivity index (χ2n) is 2.98. The number of pyridine rings is 1. The van der Waals surface area contributed by atoms with Crippen LogP contribution in [0.5, 0.6) is 0 Å². The van der Waals surface area contributed by atoms with Gasteiger partial charge in [0.25, 0.3) is 0 Å². The van der Waals surface area contributed by atoms with E-state index in [0.29, 0.717) is 11.0 Å². The average molecular weight is 255 g/mol. The van der Waals surface area contributed by atoms with Crippen molar-refractivity contribution in [1.82, 2.24) is 9.55 Å². The molecule has 0 aliphatic carbocycles. The molecule has 0 aliphatic heterocycles. The number of carboxylic acid groups (broad SMARTS) is 1. The first kappa shape index (κ1) is 9.21. The highest BCUT2D eigenvalue weighted by Gasteiger charge is 2.13. The van der Waals surface area contributed by atoms with Gasteiger partial charge in [-0.2, -0.15) is 0 Å². The zero-order valence-electron chi connectivity index (χ0n) is 7.36. The average Bonchev–Trinajstić information content (AvgIpc) is 2.43. The van der Waals surface area contributed by atoms with Crippen molar-refractivity contribution in [2.45, 2.75) is 0 Å². The van der Waals surface area contributed by atoms with Crippen LogP contribution in [0.2, 0.25) is 0 Å². The summed E-state index contributed by atoms with van der Waals surface area (Å²) >= 11 is 3.26. The first-order valence-corrected chi connectivity index (χ1v) is 4.73. The zero-order valence-corrected chi connectivity index (χ0v) is 8.95. The van der Waals surface area contributed by atoms with Crippen LogP contribution < -0.4 is 0 Å². The van der Waals surface area contributed by atoms with Crippen molar-refractivity contribution in [2.75, 3.05) is 0 Å². The van der Waals surface area contributed by atoms with Gasteiger partial charge in [-0.3, -0.25) is 0 Å². The van der Waals surface area contributed by atoms with Gasteiger partial charge >= 0.3 is 5.97 Å². The number of carbonyl (C=O) groups is 1. The smallest absolute Gasteiger partial charge is 0.337 e. The van der Waals surface area contributed by atoms with Gasteiger partial charge in [0.15, 0.2) is 0 Å². The van der Waals surface area contributed by atoms with Crippen LogP contribution in [0.1, 0.15) is 10.4 Å². The molecule has 0 aliphatic rings. The fraction of sp³-hybridized carbons (Fsp3) is 0.111. The van der Waals surface area contributed by atoms with Gasteiger partial charge in [0, 0.05) is 29.3 Å². The van der Waals surface area contributed by atoms with Crippen LogP contribution in [0.4, 0.5) is 0 Å². The number of halogens is 1. The van der Waals surface area contributed by atoms with E-state index in [1.54, 1.807) is 30.1 Å². The summed E-state index contributed by atoms with van der Waals surface area (Å²) in [7, 11) is 1.77. The lowest BCUT2D eigenvalue weighted by atomic mass is 10.2. The Morgan fingerprint density at radius 3 is 3.00 bits per heavy atom. The summed E-state index contributed by atoms with van der Waals surface area (Å²) in [5.41, 5.74) is 0.946. The van der Waals surface area contributed by atoms with Crippen LogP contribution in [0.15, 0.2) is 22.9 Å². The number of nitrogens with zero attached hydrogens (tertiary/aromatic N) is 2. The van der Waals surface area contributed by atoms with E-state index in [4.69, 9.17) is 5.11 Å². The van der Waals surface area contributed by atoms with Gasteiger partial charge in [-0.05, 0) is 22.0 Å². The number of hydrogen-bond donors (Lipinski definition) is 1. The second-order valence-corrected chi connectivity index (χ2v) is 3.90. The Labute approximate surface area is 88.3 Å². The Balaban J connectivity index is 2.85. The number of aromatic nitrogens is 2. The molecular formula is C9H7BrN2O2. The van der Waals surface area contributed by atoms with Gasteiger partial charge in [0.2, 0.25) is 0 Å².